The van der Waals surface area contributed by atoms with Gasteiger partial charge in [-0.15, -0.1) is 0 Å². The topological polar surface area (TPSA) is 43.8 Å². The Labute approximate surface area is 125 Å². The number of unbranched alkanes of at least 4 members (excludes halogenated alkanes) is 2. The first kappa shape index (κ1) is 13.7. The summed E-state index contributed by atoms with van der Waals surface area (Å²) in [6.07, 6.45) is 3.63. The number of fused-ring (bicyclic) bond motifs is 1. The van der Waals surface area contributed by atoms with Crippen LogP contribution in [-0.2, 0) is 6.54 Å². The fourth-order valence-corrected chi connectivity index (χ4v) is 2.72. The van der Waals surface area contributed by atoms with Crippen LogP contribution in [0.3, 0.4) is 0 Å². The van der Waals surface area contributed by atoms with Crippen molar-refractivity contribution in [3.63, 3.8) is 0 Å². The first-order chi connectivity index (χ1) is 10.3. The van der Waals surface area contributed by atoms with Crippen LogP contribution >= 0.6 is 0 Å². The number of hydrogen-bond donors (Lipinski definition) is 1. The maximum Gasteiger partial charge on any atom is 0.141 e. The molecule has 3 heteroatoms. The number of imidazole rings is 1. The third kappa shape index (κ3) is 2.77. The normalized spacial score (nSPS) is 11.1. The molecule has 0 aliphatic carbocycles. The smallest absolute Gasteiger partial charge is 0.141 e. The van der Waals surface area contributed by atoms with Gasteiger partial charge in [0.2, 0.25) is 0 Å². The quantitative estimate of drug-likeness (QED) is 0.553. The van der Waals surface area contributed by atoms with E-state index in [0.717, 1.165) is 29.1 Å². The summed E-state index contributed by atoms with van der Waals surface area (Å²) in [6.45, 7) is 3.23. The molecule has 1 heterocycles. The Hall–Kier alpha value is -2.29. The third-order valence-electron chi connectivity index (χ3n) is 3.78. The summed E-state index contributed by atoms with van der Waals surface area (Å²) < 4.78 is 2.32. The Morgan fingerprint density at radius 3 is 2.71 bits per heavy atom. The highest BCUT2D eigenvalue weighted by atomic mass is 15.1. The lowest BCUT2D eigenvalue weighted by molar-refractivity contribution is 0.617. The van der Waals surface area contributed by atoms with Crippen LogP contribution in [0.4, 0.5) is 5.69 Å². The van der Waals surface area contributed by atoms with Gasteiger partial charge in [-0.05, 0) is 30.7 Å². The van der Waals surface area contributed by atoms with Crippen LogP contribution in [0.2, 0.25) is 0 Å². The fraction of sp³-hybridized carbons (Fsp3) is 0.278. The summed E-state index contributed by atoms with van der Waals surface area (Å²) in [7, 11) is 0. The zero-order chi connectivity index (χ0) is 14.7. The van der Waals surface area contributed by atoms with Crippen LogP contribution in [0, 0.1) is 0 Å². The molecule has 2 aromatic carbocycles. The summed E-state index contributed by atoms with van der Waals surface area (Å²) >= 11 is 0. The summed E-state index contributed by atoms with van der Waals surface area (Å²) in [5, 5.41) is 0. The molecule has 0 amide bonds. The van der Waals surface area contributed by atoms with E-state index in [-0.39, 0.29) is 0 Å². The van der Waals surface area contributed by atoms with Crippen LogP contribution in [0.15, 0.2) is 48.5 Å². The molecule has 3 aromatic rings. The second-order valence-electron chi connectivity index (χ2n) is 5.41. The lowest BCUT2D eigenvalue weighted by Gasteiger charge is -2.09. The van der Waals surface area contributed by atoms with E-state index in [4.69, 9.17) is 10.7 Å². The van der Waals surface area contributed by atoms with Crippen LogP contribution in [-0.4, -0.2) is 9.55 Å². The van der Waals surface area contributed by atoms with Gasteiger partial charge in [0.1, 0.15) is 5.82 Å². The zero-order valence-corrected chi connectivity index (χ0v) is 12.4. The van der Waals surface area contributed by atoms with Gasteiger partial charge >= 0.3 is 0 Å². The molecular weight excluding hydrogens is 258 g/mol. The number of nitrogens with zero attached hydrogens (tertiary/aromatic N) is 2. The van der Waals surface area contributed by atoms with E-state index in [2.05, 4.69) is 35.8 Å². The van der Waals surface area contributed by atoms with E-state index in [1.807, 2.05) is 24.3 Å². The predicted octanol–water partition coefficient (Wildman–Crippen LogP) is 4.48. The van der Waals surface area contributed by atoms with Crippen molar-refractivity contribution in [1.29, 1.82) is 0 Å². The number of nitrogens with two attached hydrogens (primary N) is 1. The molecule has 21 heavy (non-hydrogen) atoms. The number of para-hydroxylation sites is 2. The number of rotatable bonds is 5. The molecule has 0 spiro atoms. The van der Waals surface area contributed by atoms with Crippen molar-refractivity contribution in [3.05, 3.63) is 48.5 Å². The van der Waals surface area contributed by atoms with Crippen molar-refractivity contribution in [1.82, 2.24) is 9.55 Å². The van der Waals surface area contributed by atoms with Crippen LogP contribution in [0.5, 0.6) is 0 Å². The average molecular weight is 279 g/mol. The van der Waals surface area contributed by atoms with Gasteiger partial charge in [0.25, 0.3) is 0 Å². The highest BCUT2D eigenvalue weighted by molar-refractivity contribution is 5.81. The molecule has 0 saturated heterocycles. The van der Waals surface area contributed by atoms with Crippen molar-refractivity contribution in [2.24, 2.45) is 0 Å². The second-order valence-corrected chi connectivity index (χ2v) is 5.41. The minimum atomic E-state index is 0.777. The number of nitrogen functional groups attached to an aromatic ring is 1. The Bertz CT molecular complexity index is 743. The minimum Gasteiger partial charge on any atom is -0.399 e. The SMILES string of the molecule is CCCCCn1c(-c2cccc(N)c2)nc2ccccc21. The summed E-state index contributed by atoms with van der Waals surface area (Å²) in [5.41, 5.74) is 10.0. The number of hydrogen-bond acceptors (Lipinski definition) is 2. The minimum absolute atomic E-state index is 0.777. The molecule has 0 atom stereocenters. The molecule has 0 unspecified atom stereocenters. The summed E-state index contributed by atoms with van der Waals surface area (Å²) in [4.78, 5) is 4.81. The molecule has 3 nitrogen and oxygen atoms in total. The summed E-state index contributed by atoms with van der Waals surface area (Å²) in [6, 6.07) is 16.3. The van der Waals surface area contributed by atoms with Gasteiger partial charge in [0.05, 0.1) is 11.0 Å². The standard InChI is InChI=1S/C18H21N3/c1-2-3-6-12-21-17-11-5-4-10-16(17)20-18(21)14-8-7-9-15(19)13-14/h4-5,7-11,13H,2-3,6,12,19H2,1H3. The Kier molecular flexibility index (Phi) is 3.91. The Morgan fingerprint density at radius 2 is 1.90 bits per heavy atom. The van der Waals surface area contributed by atoms with Gasteiger partial charge in [-0.3, -0.25) is 0 Å². The summed E-state index contributed by atoms with van der Waals surface area (Å²) in [5.74, 6) is 1.01. The number of aryl methyl sites for hydroxylation is 1. The van der Waals surface area contributed by atoms with E-state index in [9.17, 15) is 0 Å². The highest BCUT2D eigenvalue weighted by Crippen LogP contribution is 2.26. The Balaban J connectivity index is 2.09. The van der Waals surface area contributed by atoms with Gasteiger partial charge in [0.15, 0.2) is 0 Å². The highest BCUT2D eigenvalue weighted by Gasteiger charge is 2.12. The van der Waals surface area contributed by atoms with Crippen molar-refractivity contribution >= 4 is 16.7 Å². The molecular formula is C18H21N3. The molecule has 0 saturated carbocycles. The van der Waals surface area contributed by atoms with Gasteiger partial charge in [-0.25, -0.2) is 4.98 Å². The molecule has 0 aliphatic heterocycles. The van der Waals surface area contributed by atoms with Gasteiger partial charge in [-0.2, -0.15) is 0 Å². The largest absolute Gasteiger partial charge is 0.399 e. The lowest BCUT2D eigenvalue weighted by atomic mass is 10.2. The van der Waals surface area contributed by atoms with Crippen molar-refractivity contribution < 1.29 is 0 Å². The predicted molar refractivity (Wildman–Crippen MR) is 89.1 cm³/mol. The number of benzene rings is 2. The van der Waals surface area contributed by atoms with E-state index in [0.29, 0.717) is 0 Å². The molecule has 2 N–H and O–H groups in total. The van der Waals surface area contributed by atoms with Crippen molar-refractivity contribution in [2.45, 2.75) is 32.7 Å². The zero-order valence-electron chi connectivity index (χ0n) is 12.4. The molecule has 0 aliphatic rings. The van der Waals surface area contributed by atoms with Crippen LogP contribution in [0.1, 0.15) is 26.2 Å². The maximum absolute atomic E-state index is 5.92. The lowest BCUT2D eigenvalue weighted by Crippen LogP contribution is -2.01. The van der Waals surface area contributed by atoms with Crippen molar-refractivity contribution in [3.8, 4) is 11.4 Å². The molecule has 3 rings (SSSR count). The first-order valence-corrected chi connectivity index (χ1v) is 7.61. The average Bonchev–Trinajstić information content (AvgIpc) is 2.87. The molecule has 1 aromatic heterocycles. The third-order valence-corrected chi connectivity index (χ3v) is 3.78. The number of aromatic nitrogens is 2. The van der Waals surface area contributed by atoms with Gasteiger partial charge < -0.3 is 10.3 Å². The molecule has 0 radical (unpaired) electrons. The molecule has 0 bridgehead atoms. The van der Waals surface area contributed by atoms with Crippen LogP contribution < -0.4 is 5.73 Å². The fourth-order valence-electron chi connectivity index (χ4n) is 2.72. The van der Waals surface area contributed by atoms with E-state index in [1.54, 1.807) is 0 Å². The first-order valence-electron chi connectivity index (χ1n) is 7.61. The van der Waals surface area contributed by atoms with E-state index < -0.39 is 0 Å². The monoisotopic (exact) mass is 279 g/mol. The second kappa shape index (κ2) is 6.00. The maximum atomic E-state index is 5.92. The van der Waals surface area contributed by atoms with E-state index >= 15 is 0 Å². The van der Waals surface area contributed by atoms with Gasteiger partial charge in [-0.1, -0.05) is 44.0 Å². The number of anilines is 1. The van der Waals surface area contributed by atoms with Gasteiger partial charge in [0, 0.05) is 17.8 Å². The Morgan fingerprint density at radius 1 is 1.05 bits per heavy atom. The molecule has 0 fully saturated rings. The van der Waals surface area contributed by atoms with Crippen LogP contribution in [0.25, 0.3) is 22.4 Å². The van der Waals surface area contributed by atoms with E-state index in [1.165, 1.54) is 24.8 Å². The van der Waals surface area contributed by atoms with Crippen molar-refractivity contribution in [2.75, 3.05) is 5.73 Å². The molecule has 108 valence electrons.